The van der Waals surface area contributed by atoms with Crippen molar-refractivity contribution in [3.8, 4) is 0 Å². The first-order chi connectivity index (χ1) is 10.3. The molecule has 1 amide bonds. The Morgan fingerprint density at radius 2 is 2.09 bits per heavy atom. The van der Waals surface area contributed by atoms with E-state index in [1.807, 2.05) is 10.7 Å². The molecular weight excluding hydrogens is 280 g/mol. The number of carbonyl (C=O) groups excluding carboxylic acids is 1. The summed E-state index contributed by atoms with van der Waals surface area (Å²) < 4.78 is 7.29. The van der Waals surface area contributed by atoms with Crippen molar-refractivity contribution in [2.24, 2.45) is 0 Å². The predicted octanol–water partition coefficient (Wildman–Crippen LogP) is 2.75. The molecule has 1 heterocycles. The highest BCUT2D eigenvalue weighted by Crippen LogP contribution is 2.39. The molecule has 1 aromatic heterocycles. The molecule has 2 aliphatic carbocycles. The molecule has 3 N–H and O–H groups in total. The van der Waals surface area contributed by atoms with Crippen molar-refractivity contribution in [3.05, 3.63) is 11.8 Å². The van der Waals surface area contributed by atoms with Crippen LogP contribution in [0.3, 0.4) is 0 Å². The second-order valence-corrected chi connectivity index (χ2v) is 7.54. The number of carbonyl (C=O) groups is 1. The first-order valence-corrected chi connectivity index (χ1v) is 8.16. The third-order valence-electron chi connectivity index (χ3n) is 4.61. The van der Waals surface area contributed by atoms with E-state index < -0.39 is 0 Å². The summed E-state index contributed by atoms with van der Waals surface area (Å²) in [7, 11) is 0. The zero-order valence-electron chi connectivity index (χ0n) is 13.6. The van der Waals surface area contributed by atoms with Crippen LogP contribution in [0.4, 0.5) is 10.6 Å². The number of aromatic nitrogens is 2. The molecule has 0 aliphatic heterocycles. The van der Waals surface area contributed by atoms with Crippen molar-refractivity contribution < 1.29 is 9.53 Å². The second-order valence-electron chi connectivity index (χ2n) is 7.54. The maximum Gasteiger partial charge on any atom is 0.407 e. The maximum atomic E-state index is 11.7. The molecule has 6 nitrogen and oxygen atoms in total. The molecule has 0 aromatic carbocycles. The molecule has 2 aliphatic rings. The van der Waals surface area contributed by atoms with Crippen molar-refractivity contribution >= 4 is 11.9 Å². The summed E-state index contributed by atoms with van der Waals surface area (Å²) in [4.78, 5) is 11.7. The van der Waals surface area contributed by atoms with Crippen LogP contribution in [-0.4, -0.2) is 28.0 Å². The first kappa shape index (κ1) is 15.2. The summed E-state index contributed by atoms with van der Waals surface area (Å²) in [5.41, 5.74) is 6.93. The van der Waals surface area contributed by atoms with Gasteiger partial charge in [0.1, 0.15) is 11.9 Å². The van der Waals surface area contributed by atoms with Gasteiger partial charge in [-0.25, -0.2) is 9.48 Å². The number of rotatable bonds is 3. The lowest BCUT2D eigenvalue weighted by atomic mass is 9.80. The zero-order chi connectivity index (χ0) is 15.9. The molecule has 0 radical (unpaired) electrons. The molecular formula is C16H26N4O2. The Bertz CT molecular complexity index is 551. The van der Waals surface area contributed by atoms with Crippen LogP contribution in [0, 0.1) is 0 Å². The summed E-state index contributed by atoms with van der Waals surface area (Å²) >= 11 is 0. The van der Waals surface area contributed by atoms with Gasteiger partial charge in [0.2, 0.25) is 0 Å². The molecule has 0 atom stereocenters. The van der Waals surface area contributed by atoms with Gasteiger partial charge in [0, 0.05) is 18.0 Å². The van der Waals surface area contributed by atoms with E-state index in [2.05, 4.69) is 31.2 Å². The summed E-state index contributed by atoms with van der Waals surface area (Å²) in [5, 5.41) is 7.53. The van der Waals surface area contributed by atoms with Gasteiger partial charge in [0.25, 0.3) is 0 Å². The monoisotopic (exact) mass is 306 g/mol. The number of amides is 1. The van der Waals surface area contributed by atoms with Gasteiger partial charge < -0.3 is 15.8 Å². The molecule has 0 bridgehead atoms. The molecule has 0 unspecified atom stereocenters. The van der Waals surface area contributed by atoms with Crippen molar-refractivity contribution in [1.29, 1.82) is 0 Å². The minimum absolute atomic E-state index is 0.00564. The van der Waals surface area contributed by atoms with Crippen LogP contribution in [0.25, 0.3) is 0 Å². The summed E-state index contributed by atoms with van der Waals surface area (Å²) in [5.74, 6) is 1.03. The molecule has 6 heteroatoms. The molecule has 1 aromatic rings. The number of nitrogens with zero attached hydrogens (tertiary/aromatic N) is 2. The van der Waals surface area contributed by atoms with E-state index in [4.69, 9.17) is 10.5 Å². The Morgan fingerprint density at radius 3 is 2.59 bits per heavy atom. The lowest BCUT2D eigenvalue weighted by Crippen LogP contribution is -2.43. The van der Waals surface area contributed by atoms with E-state index in [0.29, 0.717) is 17.8 Å². The van der Waals surface area contributed by atoms with Crippen LogP contribution < -0.4 is 11.1 Å². The van der Waals surface area contributed by atoms with Crippen LogP contribution >= 0.6 is 0 Å². The molecule has 3 rings (SSSR count). The minimum atomic E-state index is -0.270. The number of ether oxygens (including phenoxy) is 1. The van der Waals surface area contributed by atoms with Gasteiger partial charge >= 0.3 is 6.09 Å². The number of anilines is 1. The van der Waals surface area contributed by atoms with E-state index in [1.165, 1.54) is 6.42 Å². The van der Waals surface area contributed by atoms with Gasteiger partial charge in [0.15, 0.2) is 0 Å². The summed E-state index contributed by atoms with van der Waals surface area (Å²) in [6.45, 7) is 6.24. The Balaban J connectivity index is 1.49. The van der Waals surface area contributed by atoms with Gasteiger partial charge in [-0.2, -0.15) is 5.10 Å². The number of nitrogens with two attached hydrogens (primary N) is 1. The molecule has 2 saturated carbocycles. The van der Waals surface area contributed by atoms with Crippen molar-refractivity contribution in [1.82, 2.24) is 15.1 Å². The lowest BCUT2D eigenvalue weighted by Gasteiger charge is -2.34. The molecule has 122 valence electrons. The first-order valence-electron chi connectivity index (χ1n) is 8.16. The maximum absolute atomic E-state index is 11.7. The minimum Gasteiger partial charge on any atom is -0.446 e. The smallest absolute Gasteiger partial charge is 0.407 e. The van der Waals surface area contributed by atoms with Gasteiger partial charge in [-0.15, -0.1) is 0 Å². The zero-order valence-corrected chi connectivity index (χ0v) is 13.6. The number of hydrogen-bond acceptors (Lipinski definition) is 4. The predicted molar refractivity (Wildman–Crippen MR) is 84.7 cm³/mol. The molecule has 22 heavy (non-hydrogen) atoms. The van der Waals surface area contributed by atoms with E-state index >= 15 is 0 Å². The molecule has 2 fully saturated rings. The van der Waals surface area contributed by atoms with Gasteiger partial charge in [-0.3, -0.25) is 0 Å². The highest BCUT2D eigenvalue weighted by molar-refractivity contribution is 5.68. The average Bonchev–Trinajstić information content (AvgIpc) is 2.69. The van der Waals surface area contributed by atoms with Gasteiger partial charge in [0.05, 0.1) is 11.2 Å². The van der Waals surface area contributed by atoms with Gasteiger partial charge in [-0.05, 0) is 52.9 Å². The fraction of sp³-hybridized carbons (Fsp3) is 0.750. The third kappa shape index (κ3) is 3.05. The Morgan fingerprint density at radius 1 is 1.41 bits per heavy atom. The van der Waals surface area contributed by atoms with Crippen LogP contribution in [-0.2, 0) is 10.3 Å². The van der Waals surface area contributed by atoms with Crippen LogP contribution in [0.15, 0.2) is 6.07 Å². The van der Waals surface area contributed by atoms with E-state index in [0.717, 1.165) is 31.4 Å². The van der Waals surface area contributed by atoms with Crippen LogP contribution in [0.1, 0.15) is 64.5 Å². The third-order valence-corrected chi connectivity index (χ3v) is 4.61. The van der Waals surface area contributed by atoms with Crippen molar-refractivity contribution in [2.75, 3.05) is 5.73 Å². The van der Waals surface area contributed by atoms with Crippen molar-refractivity contribution in [3.63, 3.8) is 0 Å². The SMILES string of the molecule is CC(C)(C)n1nc([C@H]2C[C@@H](OC(=O)NC3CCC3)C2)cc1N. The summed E-state index contributed by atoms with van der Waals surface area (Å²) in [6, 6.07) is 2.27. The largest absolute Gasteiger partial charge is 0.446 e. The number of hydrogen-bond donors (Lipinski definition) is 2. The van der Waals surface area contributed by atoms with Crippen LogP contribution in [0.5, 0.6) is 0 Å². The summed E-state index contributed by atoms with van der Waals surface area (Å²) in [6.07, 6.45) is 4.75. The average molecular weight is 306 g/mol. The lowest BCUT2D eigenvalue weighted by molar-refractivity contribution is 0.0347. The number of nitrogen functional groups attached to an aromatic ring is 1. The Hall–Kier alpha value is -1.72. The highest BCUT2D eigenvalue weighted by atomic mass is 16.6. The van der Waals surface area contributed by atoms with Gasteiger partial charge in [-0.1, -0.05) is 0 Å². The standard InChI is InChI=1S/C16H26N4O2/c1-16(2,3)20-14(17)9-13(19-20)10-7-12(8-10)22-15(21)18-11-5-4-6-11/h9-12H,4-8,17H2,1-3H3,(H,18,21)/t10-,12+. The highest BCUT2D eigenvalue weighted by Gasteiger charge is 2.36. The Kier molecular flexibility index (Phi) is 3.78. The van der Waals surface area contributed by atoms with Crippen molar-refractivity contribution in [2.45, 2.75) is 76.5 Å². The van der Waals surface area contributed by atoms with E-state index in [1.54, 1.807) is 0 Å². The van der Waals surface area contributed by atoms with Crippen LogP contribution in [0.2, 0.25) is 0 Å². The molecule has 0 spiro atoms. The number of alkyl carbamates (subject to hydrolysis) is 1. The normalized spacial score (nSPS) is 25.2. The quantitative estimate of drug-likeness (QED) is 0.899. The van der Waals surface area contributed by atoms with E-state index in [-0.39, 0.29) is 17.7 Å². The second kappa shape index (κ2) is 5.48. The fourth-order valence-electron chi connectivity index (χ4n) is 2.96. The molecule has 0 saturated heterocycles. The van der Waals surface area contributed by atoms with E-state index in [9.17, 15) is 4.79 Å². The topological polar surface area (TPSA) is 82.2 Å². The Labute approximate surface area is 131 Å². The number of nitrogens with one attached hydrogen (secondary N) is 1. The fourth-order valence-corrected chi connectivity index (χ4v) is 2.96.